The molecule has 0 aromatic carbocycles. The quantitative estimate of drug-likeness (QED) is 0.847. The second-order valence-corrected chi connectivity index (χ2v) is 4.14. The van der Waals surface area contributed by atoms with Gasteiger partial charge in [-0.1, -0.05) is 12.8 Å². The molecule has 0 atom stereocenters. The highest BCUT2D eigenvalue weighted by Gasteiger charge is 2.17. The van der Waals surface area contributed by atoms with E-state index in [9.17, 15) is 4.79 Å². The molecule has 0 unspecified atom stereocenters. The molecule has 1 aromatic heterocycles. The molecule has 86 valence electrons. The Morgan fingerprint density at radius 3 is 2.94 bits per heavy atom. The molecule has 16 heavy (non-hydrogen) atoms. The second-order valence-electron chi connectivity index (χ2n) is 4.14. The number of hydrogen-bond donors (Lipinski definition) is 1. The number of carboxylic acid groups (broad SMARTS) is 1. The molecular formula is C12H15NO3. The van der Waals surface area contributed by atoms with E-state index in [-0.39, 0.29) is 5.56 Å². The van der Waals surface area contributed by atoms with Gasteiger partial charge in [0.15, 0.2) is 0 Å². The van der Waals surface area contributed by atoms with Crippen LogP contribution in [0.1, 0.15) is 36.0 Å². The average molecular weight is 221 g/mol. The summed E-state index contributed by atoms with van der Waals surface area (Å²) in [4.78, 5) is 14.7. The molecule has 1 saturated carbocycles. The van der Waals surface area contributed by atoms with Gasteiger partial charge in [0, 0.05) is 12.4 Å². The monoisotopic (exact) mass is 221 g/mol. The zero-order valence-corrected chi connectivity index (χ0v) is 9.06. The Kier molecular flexibility index (Phi) is 3.39. The number of hydrogen-bond acceptors (Lipinski definition) is 3. The molecule has 2 rings (SSSR count). The van der Waals surface area contributed by atoms with Crippen LogP contribution in [0, 0.1) is 5.92 Å². The average Bonchev–Trinajstić information content (AvgIpc) is 2.79. The van der Waals surface area contributed by atoms with E-state index in [1.54, 1.807) is 12.3 Å². The minimum Gasteiger partial charge on any atom is -0.492 e. The third-order valence-corrected chi connectivity index (χ3v) is 2.96. The van der Waals surface area contributed by atoms with Crippen molar-refractivity contribution in [3.05, 3.63) is 24.0 Å². The van der Waals surface area contributed by atoms with Gasteiger partial charge in [-0.15, -0.1) is 0 Å². The number of pyridine rings is 1. The highest BCUT2D eigenvalue weighted by Crippen LogP contribution is 2.26. The van der Waals surface area contributed by atoms with Gasteiger partial charge >= 0.3 is 5.97 Å². The summed E-state index contributed by atoms with van der Waals surface area (Å²) < 4.78 is 5.56. The normalized spacial score (nSPS) is 16.2. The number of nitrogens with zero attached hydrogens (tertiary/aromatic N) is 1. The third kappa shape index (κ3) is 2.51. The molecule has 0 amide bonds. The number of ether oxygens (including phenoxy) is 1. The van der Waals surface area contributed by atoms with Crippen LogP contribution in [0.25, 0.3) is 0 Å². The Labute approximate surface area is 94.3 Å². The van der Waals surface area contributed by atoms with Gasteiger partial charge in [-0.3, -0.25) is 4.98 Å². The number of aromatic carboxylic acids is 1. The Morgan fingerprint density at radius 2 is 2.25 bits per heavy atom. The van der Waals surface area contributed by atoms with Crippen molar-refractivity contribution < 1.29 is 14.6 Å². The van der Waals surface area contributed by atoms with Crippen LogP contribution < -0.4 is 4.74 Å². The predicted octanol–water partition coefficient (Wildman–Crippen LogP) is 2.35. The van der Waals surface area contributed by atoms with Crippen molar-refractivity contribution >= 4 is 5.97 Å². The van der Waals surface area contributed by atoms with E-state index in [1.165, 1.54) is 31.9 Å². The second kappa shape index (κ2) is 4.96. The highest BCUT2D eigenvalue weighted by atomic mass is 16.5. The number of rotatable bonds is 4. The van der Waals surface area contributed by atoms with Crippen molar-refractivity contribution in [2.24, 2.45) is 5.92 Å². The summed E-state index contributed by atoms with van der Waals surface area (Å²) in [5.41, 5.74) is 0.139. The first-order valence-corrected chi connectivity index (χ1v) is 5.57. The van der Waals surface area contributed by atoms with Crippen LogP contribution >= 0.6 is 0 Å². The lowest BCUT2D eigenvalue weighted by Gasteiger charge is -2.12. The van der Waals surface area contributed by atoms with Gasteiger partial charge in [-0.05, 0) is 24.8 Å². The van der Waals surface area contributed by atoms with Crippen molar-refractivity contribution in [1.29, 1.82) is 0 Å². The highest BCUT2D eigenvalue weighted by molar-refractivity contribution is 5.90. The van der Waals surface area contributed by atoms with Crippen LogP contribution in [0.4, 0.5) is 0 Å². The Hall–Kier alpha value is -1.58. The lowest BCUT2D eigenvalue weighted by atomic mass is 10.1. The van der Waals surface area contributed by atoms with E-state index in [2.05, 4.69) is 4.98 Å². The van der Waals surface area contributed by atoms with E-state index in [1.807, 2.05) is 0 Å². The van der Waals surface area contributed by atoms with Crippen LogP contribution in [-0.4, -0.2) is 22.7 Å². The van der Waals surface area contributed by atoms with Gasteiger partial charge in [0.2, 0.25) is 0 Å². The summed E-state index contributed by atoms with van der Waals surface area (Å²) in [6.45, 7) is 0.615. The summed E-state index contributed by atoms with van der Waals surface area (Å²) >= 11 is 0. The van der Waals surface area contributed by atoms with Crippen molar-refractivity contribution in [3.8, 4) is 5.75 Å². The molecule has 1 fully saturated rings. The Balaban J connectivity index is 2.00. The van der Waals surface area contributed by atoms with Crippen molar-refractivity contribution in [3.63, 3.8) is 0 Å². The van der Waals surface area contributed by atoms with Gasteiger partial charge in [-0.25, -0.2) is 4.79 Å². The van der Waals surface area contributed by atoms with Gasteiger partial charge in [0.1, 0.15) is 11.3 Å². The molecule has 1 aliphatic carbocycles. The third-order valence-electron chi connectivity index (χ3n) is 2.96. The van der Waals surface area contributed by atoms with Gasteiger partial charge in [0.05, 0.1) is 6.61 Å². The number of aromatic nitrogens is 1. The minimum absolute atomic E-state index is 0.139. The van der Waals surface area contributed by atoms with Crippen molar-refractivity contribution in [1.82, 2.24) is 4.98 Å². The maximum atomic E-state index is 10.9. The molecule has 1 N–H and O–H groups in total. The fraction of sp³-hybridized carbons (Fsp3) is 0.500. The van der Waals surface area contributed by atoms with Crippen LogP contribution in [0.5, 0.6) is 5.75 Å². The fourth-order valence-electron chi connectivity index (χ4n) is 2.05. The lowest BCUT2D eigenvalue weighted by Crippen LogP contribution is -2.10. The zero-order valence-electron chi connectivity index (χ0n) is 9.06. The maximum Gasteiger partial charge on any atom is 0.341 e. The topological polar surface area (TPSA) is 59.4 Å². The summed E-state index contributed by atoms with van der Waals surface area (Å²) in [6.07, 6.45) is 7.77. The number of carbonyl (C=O) groups is 1. The molecule has 4 heteroatoms. The molecule has 1 heterocycles. The van der Waals surface area contributed by atoms with Crippen LogP contribution in [0.3, 0.4) is 0 Å². The van der Waals surface area contributed by atoms with E-state index in [0.29, 0.717) is 18.3 Å². The molecule has 4 nitrogen and oxygen atoms in total. The SMILES string of the molecule is O=C(O)c1cnccc1OCC1CCCC1. The Bertz CT molecular complexity index is 372. The van der Waals surface area contributed by atoms with Crippen LogP contribution in [0.2, 0.25) is 0 Å². The molecular weight excluding hydrogens is 206 g/mol. The Morgan fingerprint density at radius 1 is 1.50 bits per heavy atom. The molecule has 1 aliphatic rings. The van der Waals surface area contributed by atoms with E-state index >= 15 is 0 Å². The van der Waals surface area contributed by atoms with E-state index in [0.717, 1.165) is 0 Å². The lowest BCUT2D eigenvalue weighted by molar-refractivity contribution is 0.0690. The van der Waals surface area contributed by atoms with Crippen molar-refractivity contribution in [2.45, 2.75) is 25.7 Å². The summed E-state index contributed by atoms with van der Waals surface area (Å²) in [7, 11) is 0. The molecule has 0 aliphatic heterocycles. The van der Waals surface area contributed by atoms with Crippen LogP contribution in [0.15, 0.2) is 18.5 Å². The first-order chi connectivity index (χ1) is 7.77. The summed E-state index contributed by atoms with van der Waals surface area (Å²) in [5.74, 6) is 0.0127. The van der Waals surface area contributed by atoms with Crippen LogP contribution in [-0.2, 0) is 0 Å². The number of carboxylic acids is 1. The molecule has 0 saturated heterocycles. The van der Waals surface area contributed by atoms with Gasteiger partial charge < -0.3 is 9.84 Å². The first-order valence-electron chi connectivity index (χ1n) is 5.57. The first kappa shape index (κ1) is 10.9. The minimum atomic E-state index is -0.991. The molecule has 0 bridgehead atoms. The van der Waals surface area contributed by atoms with Gasteiger partial charge in [0.25, 0.3) is 0 Å². The standard InChI is InChI=1S/C12H15NO3/c14-12(15)10-7-13-6-5-11(10)16-8-9-3-1-2-4-9/h5-7,9H,1-4,8H2,(H,14,15). The maximum absolute atomic E-state index is 10.9. The van der Waals surface area contributed by atoms with Gasteiger partial charge in [-0.2, -0.15) is 0 Å². The molecule has 0 spiro atoms. The molecule has 0 radical (unpaired) electrons. The predicted molar refractivity (Wildman–Crippen MR) is 58.6 cm³/mol. The smallest absolute Gasteiger partial charge is 0.341 e. The summed E-state index contributed by atoms with van der Waals surface area (Å²) in [6, 6.07) is 1.61. The fourth-order valence-corrected chi connectivity index (χ4v) is 2.05. The largest absolute Gasteiger partial charge is 0.492 e. The zero-order chi connectivity index (χ0) is 11.4. The molecule has 1 aromatic rings. The van der Waals surface area contributed by atoms with E-state index < -0.39 is 5.97 Å². The summed E-state index contributed by atoms with van der Waals surface area (Å²) in [5, 5.41) is 8.94. The van der Waals surface area contributed by atoms with E-state index in [4.69, 9.17) is 9.84 Å². The van der Waals surface area contributed by atoms with Crippen molar-refractivity contribution in [2.75, 3.05) is 6.61 Å².